The van der Waals surface area contributed by atoms with Crippen LogP contribution in [0.3, 0.4) is 0 Å². The van der Waals surface area contributed by atoms with Crippen molar-refractivity contribution in [1.29, 1.82) is 0 Å². The molecule has 28 heavy (non-hydrogen) atoms. The predicted molar refractivity (Wildman–Crippen MR) is 101 cm³/mol. The van der Waals surface area contributed by atoms with Gasteiger partial charge in [-0.05, 0) is 29.6 Å². The number of piperidine rings is 1. The number of morpholine rings is 1. The highest BCUT2D eigenvalue weighted by molar-refractivity contribution is 7.13. The minimum atomic E-state index is -0.481. The Bertz CT molecular complexity index is 872. The molecule has 0 spiro atoms. The number of quaternary nitrogens is 1. The molecule has 0 radical (unpaired) electrons. The number of ether oxygens (including phenoxy) is 2. The quantitative estimate of drug-likeness (QED) is 0.536. The van der Waals surface area contributed by atoms with Gasteiger partial charge in [-0.1, -0.05) is 6.07 Å². The number of halogens is 2. The second-order valence-corrected chi connectivity index (χ2v) is 9.07. The average Bonchev–Trinajstić information content (AvgIpc) is 3.17. The molecule has 1 unspecified atom stereocenters. The zero-order valence-electron chi connectivity index (χ0n) is 15.6. The normalized spacial score (nSPS) is 31.5. The molecule has 3 aliphatic rings. The minimum Gasteiger partial charge on any atom is -1.00 e. The van der Waals surface area contributed by atoms with Crippen LogP contribution in [0.5, 0.6) is 0 Å². The molecule has 5 atom stereocenters. The lowest BCUT2D eigenvalue weighted by Gasteiger charge is -2.45. The molecule has 150 valence electrons. The maximum Gasteiger partial charge on any atom is 0.411 e. The van der Waals surface area contributed by atoms with Crippen LogP contribution in [-0.2, 0) is 9.47 Å². The van der Waals surface area contributed by atoms with E-state index in [4.69, 9.17) is 9.47 Å². The van der Waals surface area contributed by atoms with Crippen molar-refractivity contribution in [2.24, 2.45) is 0 Å². The smallest absolute Gasteiger partial charge is 0.411 e. The fraction of sp³-hybridized carbons (Fsp3) is 0.450. The first-order valence-corrected chi connectivity index (χ1v) is 10.1. The topological polar surface area (TPSA) is 50.9 Å². The summed E-state index contributed by atoms with van der Waals surface area (Å²) in [5, 5.41) is 4.73. The van der Waals surface area contributed by atoms with Crippen molar-refractivity contribution in [2.75, 3.05) is 19.4 Å². The number of hydrogen-bond donors (Lipinski definition) is 1. The van der Waals surface area contributed by atoms with Crippen molar-refractivity contribution in [3.63, 3.8) is 0 Å². The average molecular weight is 469 g/mol. The van der Waals surface area contributed by atoms with Crippen molar-refractivity contribution in [1.82, 2.24) is 0 Å². The third kappa shape index (κ3) is 3.26. The van der Waals surface area contributed by atoms with Crippen molar-refractivity contribution >= 4 is 23.1 Å². The van der Waals surface area contributed by atoms with E-state index in [1.165, 1.54) is 23.5 Å². The number of carbonyl (C=O) groups is 1. The number of anilines is 1. The second-order valence-electron chi connectivity index (χ2n) is 8.12. The van der Waals surface area contributed by atoms with E-state index in [1.54, 1.807) is 6.07 Å². The number of hydrogen-bond acceptors (Lipinski definition) is 4. The van der Waals surface area contributed by atoms with Gasteiger partial charge in [0.05, 0.1) is 19.8 Å². The number of likely N-dealkylation sites (N-methyl/N-ethyl adjacent to an activating group) is 1. The van der Waals surface area contributed by atoms with E-state index in [-0.39, 0.29) is 28.9 Å². The molecule has 1 amide bonds. The summed E-state index contributed by atoms with van der Waals surface area (Å²) in [5.41, 5.74) is 1.23. The molecule has 0 saturated carbocycles. The standard InChI is InChI=1S/C20H21FN2O3S.BrH/c1-23(2)15-9-12(10-16(23)19-18(15)26-19)25-20(24)22-14-6-5-11(21)8-13(14)17-4-3-7-27-17;/h3-8,12,15-16,18-19H,9-10H2,1-2H3;1H/t12?,15-,16+,18-,19+;. The number of thiophene rings is 1. The molecular weight excluding hydrogens is 447 g/mol. The molecule has 3 aliphatic heterocycles. The van der Waals surface area contributed by atoms with Crippen molar-refractivity contribution in [3.05, 3.63) is 41.5 Å². The van der Waals surface area contributed by atoms with E-state index < -0.39 is 6.09 Å². The lowest BCUT2D eigenvalue weighted by Crippen LogP contribution is -3.00. The Morgan fingerprint density at radius 3 is 2.61 bits per heavy atom. The molecule has 3 fully saturated rings. The Morgan fingerprint density at radius 2 is 1.96 bits per heavy atom. The summed E-state index contributed by atoms with van der Waals surface area (Å²) in [6, 6.07) is 8.95. The van der Waals surface area contributed by atoms with E-state index in [2.05, 4.69) is 19.4 Å². The highest BCUT2D eigenvalue weighted by Gasteiger charge is 2.70. The van der Waals surface area contributed by atoms with E-state index >= 15 is 0 Å². The lowest BCUT2D eigenvalue weighted by atomic mass is 9.96. The monoisotopic (exact) mass is 468 g/mol. The first-order chi connectivity index (χ1) is 12.9. The Labute approximate surface area is 177 Å². The molecule has 2 aromatic rings. The number of nitrogens with zero attached hydrogens (tertiary/aromatic N) is 1. The van der Waals surface area contributed by atoms with E-state index in [0.29, 0.717) is 35.5 Å². The fourth-order valence-corrected chi connectivity index (χ4v) is 5.61. The van der Waals surface area contributed by atoms with Crippen LogP contribution in [0.4, 0.5) is 14.9 Å². The summed E-state index contributed by atoms with van der Waals surface area (Å²) in [6.45, 7) is 0. The molecule has 0 aliphatic carbocycles. The summed E-state index contributed by atoms with van der Waals surface area (Å²) in [4.78, 5) is 13.4. The molecule has 5 rings (SSSR count). The van der Waals surface area contributed by atoms with Gasteiger partial charge in [0, 0.05) is 23.3 Å². The predicted octanol–water partition coefficient (Wildman–Crippen LogP) is 0.864. The van der Waals surface area contributed by atoms with Gasteiger partial charge in [-0.3, -0.25) is 5.32 Å². The van der Waals surface area contributed by atoms with Gasteiger partial charge in [-0.25, -0.2) is 9.18 Å². The number of epoxide rings is 1. The molecule has 3 saturated heterocycles. The molecular formula is C20H22BrFN2O3S. The number of nitrogens with one attached hydrogen (secondary N) is 1. The molecule has 1 aromatic heterocycles. The Kier molecular flexibility index (Phi) is 5.02. The molecule has 5 nitrogen and oxygen atoms in total. The zero-order valence-corrected chi connectivity index (χ0v) is 18.0. The number of amides is 1. The van der Waals surface area contributed by atoms with Crippen LogP contribution in [0.15, 0.2) is 35.7 Å². The van der Waals surface area contributed by atoms with Gasteiger partial charge in [-0.15, -0.1) is 11.3 Å². The van der Waals surface area contributed by atoms with Gasteiger partial charge in [0.25, 0.3) is 0 Å². The highest BCUT2D eigenvalue weighted by Crippen LogP contribution is 2.51. The van der Waals surface area contributed by atoms with Gasteiger partial charge in [0.2, 0.25) is 0 Å². The number of benzene rings is 1. The van der Waals surface area contributed by atoms with Crippen molar-refractivity contribution in [2.45, 2.75) is 43.2 Å². The van der Waals surface area contributed by atoms with Crippen LogP contribution in [0.1, 0.15) is 12.8 Å². The third-order valence-electron chi connectivity index (χ3n) is 6.32. The van der Waals surface area contributed by atoms with E-state index in [1.807, 2.05) is 17.5 Å². The Hall–Kier alpha value is -1.48. The van der Waals surface area contributed by atoms with Crippen LogP contribution < -0.4 is 22.3 Å². The zero-order chi connectivity index (χ0) is 18.8. The van der Waals surface area contributed by atoms with Crippen LogP contribution in [-0.4, -0.2) is 55.1 Å². The van der Waals surface area contributed by atoms with Crippen LogP contribution in [0, 0.1) is 5.82 Å². The van der Waals surface area contributed by atoms with Gasteiger partial charge in [0.1, 0.15) is 36.2 Å². The van der Waals surface area contributed by atoms with E-state index in [0.717, 1.165) is 22.2 Å². The first-order valence-electron chi connectivity index (χ1n) is 9.23. The lowest BCUT2D eigenvalue weighted by molar-refractivity contribution is -0.938. The number of rotatable bonds is 3. The third-order valence-corrected chi connectivity index (χ3v) is 7.22. The summed E-state index contributed by atoms with van der Waals surface area (Å²) >= 11 is 1.50. The van der Waals surface area contributed by atoms with Crippen LogP contribution >= 0.6 is 11.3 Å². The molecule has 4 heterocycles. The number of carbonyl (C=O) groups excluding carboxylic acids is 1. The Morgan fingerprint density at radius 1 is 1.25 bits per heavy atom. The summed E-state index contributed by atoms with van der Waals surface area (Å²) in [5.74, 6) is -0.333. The summed E-state index contributed by atoms with van der Waals surface area (Å²) in [7, 11) is 4.49. The van der Waals surface area contributed by atoms with Crippen LogP contribution in [0.25, 0.3) is 10.4 Å². The minimum absolute atomic E-state index is 0. The second kappa shape index (κ2) is 7.09. The first kappa shape index (κ1) is 19.8. The molecule has 1 aromatic carbocycles. The molecule has 1 N–H and O–H groups in total. The Balaban J connectivity index is 0.00000192. The van der Waals surface area contributed by atoms with Gasteiger partial charge in [-0.2, -0.15) is 0 Å². The number of fused-ring (bicyclic) bond motifs is 5. The highest BCUT2D eigenvalue weighted by atomic mass is 79.9. The summed E-state index contributed by atoms with van der Waals surface area (Å²) < 4.78 is 26.2. The van der Waals surface area contributed by atoms with Gasteiger partial charge >= 0.3 is 6.09 Å². The SMILES string of the molecule is C[N+]1(C)[C@@H]2CC(OC(=O)Nc3ccc(F)cc3-c3cccs3)C[C@H]1[C@@H]1O[C@@H]12.[Br-]. The maximum absolute atomic E-state index is 13.7. The molecule has 2 bridgehead atoms. The van der Waals surface area contributed by atoms with E-state index in [9.17, 15) is 9.18 Å². The van der Waals surface area contributed by atoms with Crippen molar-refractivity contribution < 1.29 is 40.1 Å². The van der Waals surface area contributed by atoms with Gasteiger partial charge in [0.15, 0.2) is 0 Å². The van der Waals surface area contributed by atoms with Crippen molar-refractivity contribution in [3.8, 4) is 10.4 Å². The maximum atomic E-state index is 13.7. The summed E-state index contributed by atoms with van der Waals surface area (Å²) in [6.07, 6.45) is 1.70. The fourth-order valence-electron chi connectivity index (χ4n) is 4.85. The largest absolute Gasteiger partial charge is 1.00 e. The van der Waals surface area contributed by atoms with Gasteiger partial charge < -0.3 is 30.9 Å². The van der Waals surface area contributed by atoms with Crippen LogP contribution in [0.2, 0.25) is 0 Å². The molecule has 8 heteroatoms.